The van der Waals surface area contributed by atoms with E-state index in [9.17, 15) is 0 Å². The predicted octanol–water partition coefficient (Wildman–Crippen LogP) is 9.37. The van der Waals surface area contributed by atoms with Crippen LogP contribution in [0.15, 0.2) is 36.7 Å². The lowest BCUT2D eigenvalue weighted by Crippen LogP contribution is -2.15. The fourth-order valence-electron chi connectivity index (χ4n) is 5.41. The molecule has 1 aliphatic carbocycles. The summed E-state index contributed by atoms with van der Waals surface area (Å²) in [7, 11) is 0. The number of nitrogens with zero attached hydrogens (tertiary/aromatic N) is 2. The Hall–Kier alpha value is -1.70. The standard InChI is InChI=1S/C31H48N2/c1-3-5-7-8-9-10-11-13-27-20-22-30(23-21-27)31-32-24-29(25-33-31)19-18-28-16-14-26(15-17-28)12-6-4-2/h20-26,28H,3-19H2,1-2H3. The van der Waals surface area contributed by atoms with Crippen LogP contribution < -0.4 is 0 Å². The highest BCUT2D eigenvalue weighted by Crippen LogP contribution is 2.34. The van der Waals surface area contributed by atoms with E-state index in [0.717, 1.165) is 29.6 Å². The van der Waals surface area contributed by atoms with E-state index in [4.69, 9.17) is 0 Å². The van der Waals surface area contributed by atoms with Crippen LogP contribution in [0, 0.1) is 11.8 Å². The predicted molar refractivity (Wildman–Crippen MR) is 142 cm³/mol. The largest absolute Gasteiger partial charge is 0.236 e. The molecule has 0 N–H and O–H groups in total. The van der Waals surface area contributed by atoms with Crippen molar-refractivity contribution >= 4 is 0 Å². The molecule has 1 aromatic carbocycles. The van der Waals surface area contributed by atoms with Gasteiger partial charge in [-0.2, -0.15) is 0 Å². The smallest absolute Gasteiger partial charge is 0.159 e. The Bertz CT molecular complexity index is 741. The molecule has 33 heavy (non-hydrogen) atoms. The average molecular weight is 449 g/mol. The molecule has 0 bridgehead atoms. The summed E-state index contributed by atoms with van der Waals surface area (Å²) in [6.45, 7) is 4.59. The summed E-state index contributed by atoms with van der Waals surface area (Å²) in [5, 5.41) is 0. The quantitative estimate of drug-likeness (QED) is 0.254. The van der Waals surface area contributed by atoms with E-state index < -0.39 is 0 Å². The van der Waals surface area contributed by atoms with Gasteiger partial charge in [-0.3, -0.25) is 0 Å². The number of aryl methyl sites for hydroxylation is 2. The molecule has 1 aromatic heterocycles. The molecular weight excluding hydrogens is 400 g/mol. The third kappa shape index (κ3) is 9.59. The Balaban J connectivity index is 1.35. The topological polar surface area (TPSA) is 25.8 Å². The maximum absolute atomic E-state index is 4.69. The molecule has 0 atom stereocenters. The van der Waals surface area contributed by atoms with Crippen molar-refractivity contribution in [2.45, 2.75) is 123 Å². The van der Waals surface area contributed by atoms with Crippen LogP contribution in [0.5, 0.6) is 0 Å². The molecule has 1 saturated carbocycles. The minimum Gasteiger partial charge on any atom is -0.236 e. The first-order valence-electron chi connectivity index (χ1n) is 14.2. The summed E-state index contributed by atoms with van der Waals surface area (Å²) in [5.41, 5.74) is 3.87. The van der Waals surface area contributed by atoms with Crippen LogP contribution in [-0.4, -0.2) is 9.97 Å². The molecule has 182 valence electrons. The Morgan fingerprint density at radius 3 is 1.82 bits per heavy atom. The van der Waals surface area contributed by atoms with Crippen LogP contribution in [0.4, 0.5) is 0 Å². The van der Waals surface area contributed by atoms with Crippen molar-refractivity contribution in [1.29, 1.82) is 0 Å². The SMILES string of the molecule is CCCCCCCCCc1ccc(-c2ncc(CCC3CCC(CCCC)CC3)cn2)cc1. The van der Waals surface area contributed by atoms with Gasteiger partial charge in [-0.25, -0.2) is 9.97 Å². The lowest BCUT2D eigenvalue weighted by molar-refractivity contribution is 0.250. The zero-order chi connectivity index (χ0) is 23.1. The number of aromatic nitrogens is 2. The molecule has 0 unspecified atom stereocenters. The Morgan fingerprint density at radius 1 is 0.606 bits per heavy atom. The Kier molecular flexibility index (Phi) is 12.0. The van der Waals surface area contributed by atoms with Gasteiger partial charge in [-0.1, -0.05) is 122 Å². The summed E-state index contributed by atoms with van der Waals surface area (Å²) in [5.74, 6) is 2.77. The molecule has 1 heterocycles. The summed E-state index contributed by atoms with van der Waals surface area (Å²) in [6.07, 6.45) is 27.3. The number of hydrogen-bond acceptors (Lipinski definition) is 2. The molecule has 2 nitrogen and oxygen atoms in total. The van der Waals surface area contributed by atoms with Crippen molar-refractivity contribution < 1.29 is 0 Å². The number of benzene rings is 1. The van der Waals surface area contributed by atoms with Gasteiger partial charge in [-0.15, -0.1) is 0 Å². The minimum atomic E-state index is 0.859. The molecule has 0 spiro atoms. The second kappa shape index (κ2) is 15.3. The molecule has 0 amide bonds. The van der Waals surface area contributed by atoms with Gasteiger partial charge in [0.2, 0.25) is 0 Å². The second-order valence-corrected chi connectivity index (χ2v) is 10.6. The van der Waals surface area contributed by atoms with Crippen molar-refractivity contribution in [2.24, 2.45) is 11.8 Å². The molecule has 0 saturated heterocycles. The summed E-state index contributed by atoms with van der Waals surface area (Å²) < 4.78 is 0. The molecule has 2 aromatic rings. The van der Waals surface area contributed by atoms with Gasteiger partial charge < -0.3 is 0 Å². The van der Waals surface area contributed by atoms with E-state index in [1.807, 2.05) is 0 Å². The number of rotatable bonds is 15. The van der Waals surface area contributed by atoms with Crippen LogP contribution in [-0.2, 0) is 12.8 Å². The second-order valence-electron chi connectivity index (χ2n) is 10.6. The highest BCUT2D eigenvalue weighted by Gasteiger charge is 2.20. The fourth-order valence-corrected chi connectivity index (χ4v) is 5.41. The molecular formula is C31H48N2. The summed E-state index contributed by atoms with van der Waals surface area (Å²) in [6, 6.07) is 8.92. The van der Waals surface area contributed by atoms with Gasteiger partial charge in [0, 0.05) is 18.0 Å². The number of hydrogen-bond donors (Lipinski definition) is 0. The van der Waals surface area contributed by atoms with Gasteiger partial charge in [-0.05, 0) is 48.6 Å². The normalized spacial score (nSPS) is 18.5. The van der Waals surface area contributed by atoms with E-state index in [-0.39, 0.29) is 0 Å². The molecule has 2 heteroatoms. The molecule has 0 aliphatic heterocycles. The van der Waals surface area contributed by atoms with E-state index in [1.54, 1.807) is 0 Å². The minimum absolute atomic E-state index is 0.859. The van der Waals surface area contributed by atoms with Crippen molar-refractivity contribution in [2.75, 3.05) is 0 Å². The van der Waals surface area contributed by atoms with E-state index in [0.29, 0.717) is 0 Å². The van der Waals surface area contributed by atoms with Gasteiger partial charge in [0.1, 0.15) is 0 Å². The Labute approximate surface area is 204 Å². The average Bonchev–Trinajstić information content (AvgIpc) is 2.87. The highest BCUT2D eigenvalue weighted by molar-refractivity contribution is 5.55. The number of unbranched alkanes of at least 4 members (excludes halogenated alkanes) is 7. The van der Waals surface area contributed by atoms with Crippen LogP contribution >= 0.6 is 0 Å². The van der Waals surface area contributed by atoms with Gasteiger partial charge in [0.25, 0.3) is 0 Å². The van der Waals surface area contributed by atoms with E-state index in [1.165, 1.54) is 114 Å². The van der Waals surface area contributed by atoms with Gasteiger partial charge >= 0.3 is 0 Å². The lowest BCUT2D eigenvalue weighted by Gasteiger charge is -2.28. The summed E-state index contributed by atoms with van der Waals surface area (Å²) >= 11 is 0. The van der Waals surface area contributed by atoms with Crippen LogP contribution in [0.1, 0.15) is 121 Å². The van der Waals surface area contributed by atoms with Crippen molar-refractivity contribution in [1.82, 2.24) is 9.97 Å². The van der Waals surface area contributed by atoms with Crippen LogP contribution in [0.2, 0.25) is 0 Å². The zero-order valence-electron chi connectivity index (χ0n) is 21.5. The molecule has 3 rings (SSSR count). The zero-order valence-corrected chi connectivity index (χ0v) is 21.5. The lowest BCUT2D eigenvalue weighted by atomic mass is 9.78. The Morgan fingerprint density at radius 2 is 1.18 bits per heavy atom. The van der Waals surface area contributed by atoms with Gasteiger partial charge in [0.05, 0.1) is 0 Å². The molecule has 1 fully saturated rings. The van der Waals surface area contributed by atoms with Crippen LogP contribution in [0.25, 0.3) is 11.4 Å². The molecule has 0 radical (unpaired) electrons. The van der Waals surface area contributed by atoms with E-state index >= 15 is 0 Å². The fraction of sp³-hybridized carbons (Fsp3) is 0.677. The van der Waals surface area contributed by atoms with Crippen molar-refractivity contribution in [3.63, 3.8) is 0 Å². The summed E-state index contributed by atoms with van der Waals surface area (Å²) in [4.78, 5) is 9.38. The third-order valence-corrected chi connectivity index (χ3v) is 7.76. The first-order chi connectivity index (χ1) is 16.3. The van der Waals surface area contributed by atoms with Crippen molar-refractivity contribution in [3.8, 4) is 11.4 Å². The third-order valence-electron chi connectivity index (χ3n) is 7.76. The highest BCUT2D eigenvalue weighted by atomic mass is 14.9. The first-order valence-corrected chi connectivity index (χ1v) is 14.2. The monoisotopic (exact) mass is 448 g/mol. The van der Waals surface area contributed by atoms with Crippen molar-refractivity contribution in [3.05, 3.63) is 47.8 Å². The molecule has 1 aliphatic rings. The van der Waals surface area contributed by atoms with Gasteiger partial charge in [0.15, 0.2) is 5.82 Å². The maximum Gasteiger partial charge on any atom is 0.159 e. The first kappa shape index (κ1) is 25.9. The van der Waals surface area contributed by atoms with E-state index in [2.05, 4.69) is 60.5 Å². The maximum atomic E-state index is 4.69. The van der Waals surface area contributed by atoms with Crippen LogP contribution in [0.3, 0.4) is 0 Å².